The number of ether oxygens (including phenoxy) is 2. The Kier molecular flexibility index (Phi) is 6.48. The minimum absolute atomic E-state index is 0.106. The molecule has 0 aliphatic carbocycles. The third-order valence-electron chi connectivity index (χ3n) is 4.47. The Morgan fingerprint density at radius 2 is 1.75 bits per heavy atom. The van der Waals surface area contributed by atoms with E-state index in [1.165, 1.54) is 31.3 Å². The second kappa shape index (κ2) is 8.85. The summed E-state index contributed by atoms with van der Waals surface area (Å²) in [4.78, 5) is 1.91. The van der Waals surface area contributed by atoms with Gasteiger partial charge in [-0.15, -0.1) is 0 Å². The predicted molar refractivity (Wildman–Crippen MR) is 101 cm³/mol. The number of nitrogens with zero attached hydrogens (tertiary/aromatic N) is 2. The zero-order chi connectivity index (χ0) is 20.1. The van der Waals surface area contributed by atoms with E-state index in [1.807, 2.05) is 24.3 Å². The van der Waals surface area contributed by atoms with Crippen molar-refractivity contribution < 1.29 is 26.7 Å². The molecule has 1 saturated heterocycles. The van der Waals surface area contributed by atoms with Gasteiger partial charge in [0.15, 0.2) is 0 Å². The molecule has 0 amide bonds. The average molecular weight is 412 g/mol. The summed E-state index contributed by atoms with van der Waals surface area (Å²) < 4.78 is 61.6. The van der Waals surface area contributed by atoms with E-state index in [-0.39, 0.29) is 17.2 Å². The summed E-state index contributed by atoms with van der Waals surface area (Å²) in [5.41, 5.74) is 1.84. The SMILES string of the molecule is CN(Cc1ccc(N2CCOCC2)cc1)S(=O)(=O)c1ccccc1OC(F)F. The lowest BCUT2D eigenvalue weighted by atomic mass is 10.2. The van der Waals surface area contributed by atoms with Crippen molar-refractivity contribution in [3.63, 3.8) is 0 Å². The molecule has 1 fully saturated rings. The highest BCUT2D eigenvalue weighted by Crippen LogP contribution is 2.28. The van der Waals surface area contributed by atoms with Gasteiger partial charge in [0, 0.05) is 32.4 Å². The minimum Gasteiger partial charge on any atom is -0.433 e. The summed E-state index contributed by atoms with van der Waals surface area (Å²) in [5, 5.41) is 0. The lowest BCUT2D eigenvalue weighted by Crippen LogP contribution is -2.36. The number of hydrogen-bond donors (Lipinski definition) is 0. The second-order valence-electron chi connectivity index (χ2n) is 6.35. The second-order valence-corrected chi connectivity index (χ2v) is 8.37. The van der Waals surface area contributed by atoms with Crippen LogP contribution in [-0.2, 0) is 21.3 Å². The molecule has 0 saturated carbocycles. The maximum Gasteiger partial charge on any atom is 0.387 e. The lowest BCUT2D eigenvalue weighted by molar-refractivity contribution is -0.0517. The molecule has 0 unspecified atom stereocenters. The van der Waals surface area contributed by atoms with Gasteiger partial charge < -0.3 is 14.4 Å². The zero-order valence-corrected chi connectivity index (χ0v) is 16.2. The largest absolute Gasteiger partial charge is 0.433 e. The van der Waals surface area contributed by atoms with Gasteiger partial charge in [-0.3, -0.25) is 0 Å². The molecule has 28 heavy (non-hydrogen) atoms. The Balaban J connectivity index is 1.74. The molecule has 152 valence electrons. The van der Waals surface area contributed by atoms with Crippen molar-refractivity contribution in [1.29, 1.82) is 0 Å². The van der Waals surface area contributed by atoms with Gasteiger partial charge in [0.2, 0.25) is 10.0 Å². The van der Waals surface area contributed by atoms with Gasteiger partial charge in [-0.1, -0.05) is 24.3 Å². The molecule has 0 spiro atoms. The molecule has 0 bridgehead atoms. The molecule has 1 aliphatic rings. The average Bonchev–Trinajstić information content (AvgIpc) is 2.69. The van der Waals surface area contributed by atoms with Crippen LogP contribution in [0, 0.1) is 0 Å². The van der Waals surface area contributed by atoms with Crippen LogP contribution in [0.1, 0.15) is 5.56 Å². The molecular weight excluding hydrogens is 390 g/mol. The number of para-hydroxylation sites is 1. The zero-order valence-electron chi connectivity index (χ0n) is 15.4. The van der Waals surface area contributed by atoms with Crippen molar-refractivity contribution in [2.45, 2.75) is 18.1 Å². The minimum atomic E-state index is -4.00. The van der Waals surface area contributed by atoms with Crippen LogP contribution < -0.4 is 9.64 Å². The van der Waals surface area contributed by atoms with Crippen LogP contribution in [0.4, 0.5) is 14.5 Å². The van der Waals surface area contributed by atoms with E-state index in [2.05, 4.69) is 9.64 Å². The van der Waals surface area contributed by atoms with E-state index in [1.54, 1.807) is 0 Å². The van der Waals surface area contributed by atoms with E-state index in [4.69, 9.17) is 4.74 Å². The van der Waals surface area contributed by atoms with Gasteiger partial charge in [-0.2, -0.15) is 13.1 Å². The van der Waals surface area contributed by atoms with Crippen LogP contribution in [0.3, 0.4) is 0 Å². The van der Waals surface area contributed by atoms with Gasteiger partial charge >= 0.3 is 6.61 Å². The lowest BCUT2D eigenvalue weighted by Gasteiger charge is -2.29. The van der Waals surface area contributed by atoms with Crippen molar-refractivity contribution in [3.8, 4) is 5.75 Å². The Morgan fingerprint density at radius 1 is 1.11 bits per heavy atom. The normalized spacial score (nSPS) is 15.2. The van der Waals surface area contributed by atoms with Gasteiger partial charge in [-0.05, 0) is 29.8 Å². The van der Waals surface area contributed by atoms with E-state index in [9.17, 15) is 17.2 Å². The van der Waals surface area contributed by atoms with Gasteiger partial charge in [0.1, 0.15) is 10.6 Å². The first-order valence-corrected chi connectivity index (χ1v) is 10.2. The fourth-order valence-corrected chi connectivity index (χ4v) is 4.28. The molecule has 0 aromatic heterocycles. The van der Waals surface area contributed by atoms with Crippen molar-refractivity contribution in [2.75, 3.05) is 38.3 Å². The molecule has 0 radical (unpaired) electrons. The van der Waals surface area contributed by atoms with Gasteiger partial charge in [0.05, 0.1) is 13.2 Å². The van der Waals surface area contributed by atoms with Gasteiger partial charge in [-0.25, -0.2) is 8.42 Å². The van der Waals surface area contributed by atoms with Crippen LogP contribution >= 0.6 is 0 Å². The summed E-state index contributed by atoms with van der Waals surface area (Å²) in [6, 6.07) is 13.0. The molecule has 0 N–H and O–H groups in total. The number of morpholine rings is 1. The molecular formula is C19H22F2N2O4S. The standard InChI is InChI=1S/C19H22F2N2O4S/c1-22(28(24,25)18-5-3-2-4-17(18)27-19(20)21)14-15-6-8-16(9-7-15)23-10-12-26-13-11-23/h2-9,19H,10-14H2,1H3. The molecule has 9 heteroatoms. The van der Waals surface area contributed by atoms with E-state index in [0.717, 1.165) is 28.6 Å². The Labute approximate surface area is 163 Å². The summed E-state index contributed by atoms with van der Waals surface area (Å²) in [6.45, 7) is -0.00173. The van der Waals surface area contributed by atoms with Crippen molar-refractivity contribution in [2.24, 2.45) is 0 Å². The number of alkyl halides is 2. The Bertz CT molecular complexity index is 885. The van der Waals surface area contributed by atoms with Crippen molar-refractivity contribution in [1.82, 2.24) is 4.31 Å². The fourth-order valence-electron chi connectivity index (χ4n) is 3.00. The number of anilines is 1. The first-order valence-electron chi connectivity index (χ1n) is 8.80. The van der Waals surface area contributed by atoms with E-state index in [0.29, 0.717) is 13.2 Å². The molecule has 6 nitrogen and oxygen atoms in total. The van der Waals surface area contributed by atoms with Crippen molar-refractivity contribution in [3.05, 3.63) is 54.1 Å². The molecule has 2 aromatic rings. The molecule has 3 rings (SSSR count). The molecule has 0 atom stereocenters. The Hall–Kier alpha value is -2.23. The van der Waals surface area contributed by atoms with Crippen LogP contribution in [0.25, 0.3) is 0 Å². The smallest absolute Gasteiger partial charge is 0.387 e. The summed E-state index contributed by atoms with van der Waals surface area (Å²) >= 11 is 0. The first kappa shape index (κ1) is 20.5. The van der Waals surface area contributed by atoms with E-state index < -0.39 is 16.6 Å². The maximum absolute atomic E-state index is 12.8. The third kappa shape index (κ3) is 4.78. The van der Waals surface area contributed by atoms with Gasteiger partial charge in [0.25, 0.3) is 0 Å². The highest BCUT2D eigenvalue weighted by Gasteiger charge is 2.26. The van der Waals surface area contributed by atoms with Crippen LogP contribution in [0.5, 0.6) is 5.75 Å². The number of benzene rings is 2. The maximum atomic E-state index is 12.8. The highest BCUT2D eigenvalue weighted by molar-refractivity contribution is 7.89. The van der Waals surface area contributed by atoms with Crippen LogP contribution in [0.15, 0.2) is 53.4 Å². The predicted octanol–water partition coefficient (Wildman–Crippen LogP) is 2.95. The number of rotatable bonds is 7. The first-order chi connectivity index (χ1) is 13.4. The summed E-state index contributed by atoms with van der Waals surface area (Å²) in [6.07, 6.45) is 0. The van der Waals surface area contributed by atoms with E-state index >= 15 is 0 Å². The molecule has 2 aromatic carbocycles. The summed E-state index contributed by atoms with van der Waals surface area (Å²) in [5.74, 6) is -0.369. The highest BCUT2D eigenvalue weighted by atomic mass is 32.2. The molecule has 1 heterocycles. The topological polar surface area (TPSA) is 59.1 Å². The van der Waals surface area contributed by atoms with Crippen LogP contribution in [0.2, 0.25) is 0 Å². The Morgan fingerprint density at radius 3 is 2.39 bits per heavy atom. The third-order valence-corrected chi connectivity index (χ3v) is 6.31. The number of hydrogen-bond acceptors (Lipinski definition) is 5. The number of halogens is 2. The number of sulfonamides is 1. The quantitative estimate of drug-likeness (QED) is 0.700. The van der Waals surface area contributed by atoms with Crippen LogP contribution in [-0.4, -0.2) is 52.7 Å². The monoisotopic (exact) mass is 412 g/mol. The molecule has 1 aliphatic heterocycles. The van der Waals surface area contributed by atoms with Crippen molar-refractivity contribution >= 4 is 15.7 Å². The summed E-state index contributed by atoms with van der Waals surface area (Å²) in [7, 11) is -2.59. The fraction of sp³-hybridized carbons (Fsp3) is 0.368.